The highest BCUT2D eigenvalue weighted by atomic mass is 31.1. The Kier molecular flexibility index (Phi) is 18.1. The molecule has 1 N–H and O–H groups in total. The fourth-order valence-corrected chi connectivity index (χ4v) is 3.75. The van der Waals surface area contributed by atoms with Gasteiger partial charge in [0, 0.05) is 12.1 Å². The lowest BCUT2D eigenvalue weighted by Crippen LogP contribution is -2.29. The molecule has 0 radical (unpaired) electrons. The fourth-order valence-electron chi connectivity index (χ4n) is 2.74. The van der Waals surface area contributed by atoms with Crippen LogP contribution in [0.15, 0.2) is 0 Å². The van der Waals surface area contributed by atoms with E-state index in [1.165, 1.54) is 64.2 Å². The average molecular weight is 364 g/mol. The van der Waals surface area contributed by atoms with Crippen LogP contribution in [0.25, 0.3) is 0 Å². The molecule has 0 spiro atoms. The lowest BCUT2D eigenvalue weighted by Gasteiger charge is -2.29. The number of nitrogens with one attached hydrogen (secondary N) is 1. The second-order valence-electron chi connectivity index (χ2n) is 7.02. The number of hydrogen-bond acceptors (Lipinski definition) is 3. The third-order valence-electron chi connectivity index (χ3n) is 4.10. The summed E-state index contributed by atoms with van der Waals surface area (Å²) in [5, 5.41) is 3.13. The number of rotatable bonds is 17. The summed E-state index contributed by atoms with van der Waals surface area (Å²) in [5.41, 5.74) is 0. The molecule has 0 saturated heterocycles. The van der Waals surface area contributed by atoms with E-state index in [9.17, 15) is 0 Å². The third-order valence-corrected chi connectivity index (χ3v) is 5.97. The van der Waals surface area contributed by atoms with E-state index in [4.69, 9.17) is 4.52 Å². The van der Waals surface area contributed by atoms with Crippen molar-refractivity contribution in [2.75, 3.05) is 13.2 Å². The predicted octanol–water partition coefficient (Wildman–Crippen LogP) is 5.91. The van der Waals surface area contributed by atoms with Gasteiger partial charge in [0.05, 0.1) is 15.6 Å². The zero-order valence-electron chi connectivity index (χ0n) is 16.1. The van der Waals surface area contributed by atoms with Crippen molar-refractivity contribution in [1.29, 1.82) is 0 Å². The van der Waals surface area contributed by atoms with E-state index in [2.05, 4.69) is 46.8 Å². The molecule has 0 rings (SSSR count). The van der Waals surface area contributed by atoms with Crippen molar-refractivity contribution in [3.8, 4) is 0 Å². The molecule has 23 heavy (non-hydrogen) atoms. The smallest absolute Gasteiger partial charge is 0.0893 e. The summed E-state index contributed by atoms with van der Waals surface area (Å²) >= 11 is 0. The lowest BCUT2D eigenvalue weighted by molar-refractivity contribution is 0.262. The zero-order chi connectivity index (χ0) is 17.3. The highest BCUT2D eigenvalue weighted by Gasteiger charge is 2.12. The van der Waals surface area contributed by atoms with Crippen molar-refractivity contribution in [3.05, 3.63) is 0 Å². The van der Waals surface area contributed by atoms with Gasteiger partial charge >= 0.3 is 0 Å². The van der Waals surface area contributed by atoms with Crippen molar-refractivity contribution in [1.82, 2.24) is 9.76 Å². The van der Waals surface area contributed by atoms with Crippen LogP contribution in [0.2, 0.25) is 0 Å². The van der Waals surface area contributed by atoms with Gasteiger partial charge in [0.25, 0.3) is 0 Å². The summed E-state index contributed by atoms with van der Waals surface area (Å²) in [6.45, 7) is 11.1. The van der Waals surface area contributed by atoms with Crippen molar-refractivity contribution >= 4 is 18.3 Å². The van der Waals surface area contributed by atoms with E-state index in [1.54, 1.807) is 0 Å². The first-order valence-corrected chi connectivity index (χ1v) is 11.1. The summed E-state index contributed by atoms with van der Waals surface area (Å²) < 4.78 is 8.28. The Morgan fingerprint density at radius 1 is 0.783 bits per heavy atom. The SMILES string of the molecule is CC(C)N(POCCCCCCCCCCCCNP)C(C)C. The molecule has 0 amide bonds. The van der Waals surface area contributed by atoms with Gasteiger partial charge in [0.15, 0.2) is 0 Å². The minimum atomic E-state index is 0.523. The average Bonchev–Trinajstić information content (AvgIpc) is 2.50. The first-order chi connectivity index (χ1) is 11.1. The number of hydrogen-bond donors (Lipinski definition) is 1. The predicted molar refractivity (Wildman–Crippen MR) is 110 cm³/mol. The standard InChI is InChI=1S/C18H42N2OP2/c1-17(2)20(18(3)4)23-21-16-14-12-10-8-6-5-7-9-11-13-15-19-22/h17-19,23H,5-16,22H2,1-4H3. The number of nitrogens with zero attached hydrogens (tertiary/aromatic N) is 1. The van der Waals surface area contributed by atoms with Crippen LogP contribution in [-0.2, 0) is 4.52 Å². The molecule has 140 valence electrons. The van der Waals surface area contributed by atoms with Crippen LogP contribution < -0.4 is 5.09 Å². The van der Waals surface area contributed by atoms with E-state index in [0.717, 1.165) is 13.2 Å². The Balaban J connectivity index is 3.21. The molecule has 0 heterocycles. The normalized spacial score (nSPS) is 12.5. The minimum absolute atomic E-state index is 0.523. The second-order valence-corrected chi connectivity index (χ2v) is 8.42. The quantitative estimate of drug-likeness (QED) is 0.256. The van der Waals surface area contributed by atoms with E-state index in [0.29, 0.717) is 21.0 Å². The molecule has 0 saturated carbocycles. The molecular formula is C18H42N2OP2. The molecule has 0 aliphatic carbocycles. The Morgan fingerprint density at radius 2 is 1.22 bits per heavy atom. The molecule has 0 aliphatic heterocycles. The Morgan fingerprint density at radius 3 is 1.65 bits per heavy atom. The van der Waals surface area contributed by atoms with Gasteiger partial charge in [-0.25, -0.2) is 0 Å². The Bertz CT molecular complexity index is 233. The van der Waals surface area contributed by atoms with Crippen LogP contribution in [0.4, 0.5) is 0 Å². The lowest BCUT2D eigenvalue weighted by atomic mass is 10.1. The molecule has 2 unspecified atom stereocenters. The molecular weight excluding hydrogens is 322 g/mol. The van der Waals surface area contributed by atoms with Gasteiger partial charge in [-0.3, -0.25) is 4.67 Å². The summed E-state index contributed by atoms with van der Waals surface area (Å²) in [4.78, 5) is 0. The van der Waals surface area contributed by atoms with Gasteiger partial charge in [-0.15, -0.1) is 0 Å². The van der Waals surface area contributed by atoms with E-state index < -0.39 is 0 Å². The summed E-state index contributed by atoms with van der Waals surface area (Å²) in [6, 6.07) is 1.15. The first kappa shape index (κ1) is 23.7. The summed E-state index contributed by atoms with van der Waals surface area (Å²) in [5.74, 6) is 0. The molecule has 0 aromatic heterocycles. The second kappa shape index (κ2) is 17.6. The van der Waals surface area contributed by atoms with Gasteiger partial charge < -0.3 is 9.61 Å². The van der Waals surface area contributed by atoms with E-state index in [1.807, 2.05) is 0 Å². The monoisotopic (exact) mass is 364 g/mol. The molecule has 0 bridgehead atoms. The molecule has 5 heteroatoms. The van der Waals surface area contributed by atoms with Crippen molar-refractivity contribution < 1.29 is 4.52 Å². The van der Waals surface area contributed by atoms with Gasteiger partial charge in [-0.05, 0) is 47.1 Å². The van der Waals surface area contributed by atoms with Crippen molar-refractivity contribution in [2.24, 2.45) is 0 Å². The van der Waals surface area contributed by atoms with Gasteiger partial charge in [-0.2, -0.15) is 0 Å². The summed E-state index contributed by atoms with van der Waals surface area (Å²) in [7, 11) is 3.10. The molecule has 3 nitrogen and oxygen atoms in total. The highest BCUT2D eigenvalue weighted by Crippen LogP contribution is 2.26. The third kappa shape index (κ3) is 16.0. The van der Waals surface area contributed by atoms with E-state index in [-0.39, 0.29) is 0 Å². The molecule has 0 fully saturated rings. The zero-order valence-corrected chi connectivity index (χ0v) is 18.2. The molecule has 2 atom stereocenters. The Hall–Kier alpha value is 0.740. The Labute approximate surface area is 150 Å². The van der Waals surface area contributed by atoms with Gasteiger partial charge in [0.1, 0.15) is 0 Å². The highest BCUT2D eigenvalue weighted by molar-refractivity contribution is 7.29. The van der Waals surface area contributed by atoms with Crippen LogP contribution >= 0.6 is 18.3 Å². The summed E-state index contributed by atoms with van der Waals surface area (Å²) in [6.07, 6.45) is 13.7. The maximum Gasteiger partial charge on any atom is 0.0893 e. The molecule has 0 aromatic rings. The van der Waals surface area contributed by atoms with E-state index >= 15 is 0 Å². The van der Waals surface area contributed by atoms with Crippen LogP contribution in [0, 0.1) is 0 Å². The minimum Gasteiger partial charge on any atom is -0.346 e. The van der Waals surface area contributed by atoms with Crippen LogP contribution in [0.3, 0.4) is 0 Å². The van der Waals surface area contributed by atoms with Crippen LogP contribution in [0.1, 0.15) is 91.9 Å². The van der Waals surface area contributed by atoms with Gasteiger partial charge in [0.2, 0.25) is 0 Å². The van der Waals surface area contributed by atoms with Crippen LogP contribution in [0.5, 0.6) is 0 Å². The van der Waals surface area contributed by atoms with Gasteiger partial charge in [-0.1, -0.05) is 60.8 Å². The fraction of sp³-hybridized carbons (Fsp3) is 1.00. The maximum atomic E-state index is 5.86. The van der Waals surface area contributed by atoms with Crippen molar-refractivity contribution in [2.45, 2.75) is 104 Å². The molecule has 0 aromatic carbocycles. The first-order valence-electron chi connectivity index (χ1n) is 9.68. The molecule has 0 aliphatic rings. The largest absolute Gasteiger partial charge is 0.346 e. The maximum absolute atomic E-state index is 5.86. The van der Waals surface area contributed by atoms with Crippen LogP contribution in [-0.4, -0.2) is 29.9 Å². The number of unbranched alkanes of at least 4 members (excludes halogenated alkanes) is 9. The van der Waals surface area contributed by atoms with Crippen molar-refractivity contribution in [3.63, 3.8) is 0 Å². The topological polar surface area (TPSA) is 24.5 Å².